The predicted octanol–water partition coefficient (Wildman–Crippen LogP) is 2.01. The fourth-order valence-electron chi connectivity index (χ4n) is 2.23. The molecule has 2 rings (SSSR count). The lowest BCUT2D eigenvalue weighted by molar-refractivity contribution is -0.380. The lowest BCUT2D eigenvalue weighted by Crippen LogP contribution is -2.46. The molecule has 1 aliphatic rings. The molecule has 1 aliphatic heterocycles. The minimum atomic E-state index is -0.515. The number of likely N-dealkylation sites (tertiary alicyclic amines) is 1. The van der Waals surface area contributed by atoms with E-state index in [1.165, 1.54) is 12.1 Å². The van der Waals surface area contributed by atoms with Gasteiger partial charge in [-0.3, -0.25) is 14.9 Å². The molecule has 1 aromatic rings. The molecule has 1 fully saturated rings. The Balaban J connectivity index is 1.83. The van der Waals surface area contributed by atoms with Crippen molar-refractivity contribution in [1.29, 1.82) is 0 Å². The van der Waals surface area contributed by atoms with Gasteiger partial charge in [-0.2, -0.15) is 0 Å². The van der Waals surface area contributed by atoms with Crippen molar-refractivity contribution < 1.29 is 19.2 Å². The first-order valence-electron chi connectivity index (χ1n) is 6.98. The van der Waals surface area contributed by atoms with Crippen molar-refractivity contribution in [2.75, 3.05) is 19.7 Å². The van der Waals surface area contributed by atoms with Gasteiger partial charge in [0.25, 0.3) is 5.91 Å². The topological polar surface area (TPSA) is 102 Å². The summed E-state index contributed by atoms with van der Waals surface area (Å²) in [5.74, 6) is -0.312. The summed E-state index contributed by atoms with van der Waals surface area (Å²) in [6.07, 6.45) is 0.942. The monoisotopic (exact) mass is 327 g/mol. The Bertz CT molecular complexity index is 566. The maximum atomic E-state index is 12.0. The molecule has 120 valence electrons. The van der Waals surface area contributed by atoms with Crippen molar-refractivity contribution in [2.45, 2.75) is 25.8 Å². The van der Waals surface area contributed by atoms with E-state index in [-0.39, 0.29) is 23.0 Å². The number of carbonyl (C=O) groups is 2. The summed E-state index contributed by atoms with van der Waals surface area (Å²) in [4.78, 5) is 35.6. The van der Waals surface area contributed by atoms with Gasteiger partial charge >= 0.3 is 11.1 Å². The Morgan fingerprint density at radius 3 is 2.68 bits per heavy atom. The van der Waals surface area contributed by atoms with E-state index in [0.29, 0.717) is 37.4 Å². The Kier molecular flexibility index (Phi) is 5.31. The van der Waals surface area contributed by atoms with Gasteiger partial charge in [0.1, 0.15) is 0 Å². The third-order valence-electron chi connectivity index (χ3n) is 3.35. The fraction of sp³-hybridized carbons (Fsp3) is 0.538. The number of thiophene rings is 1. The third-order valence-corrected chi connectivity index (χ3v) is 4.39. The van der Waals surface area contributed by atoms with Crippen LogP contribution >= 0.6 is 11.3 Å². The smallest absolute Gasteiger partial charge is 0.409 e. The van der Waals surface area contributed by atoms with Gasteiger partial charge in [-0.15, -0.1) is 0 Å². The van der Waals surface area contributed by atoms with E-state index in [4.69, 9.17) is 4.74 Å². The highest BCUT2D eigenvalue weighted by Crippen LogP contribution is 2.24. The van der Waals surface area contributed by atoms with Crippen molar-refractivity contribution >= 4 is 28.3 Å². The molecule has 1 aromatic heterocycles. The first-order chi connectivity index (χ1) is 10.5. The Labute approximate surface area is 131 Å². The van der Waals surface area contributed by atoms with E-state index in [9.17, 15) is 19.7 Å². The number of nitrogens with one attached hydrogen (secondary N) is 1. The number of rotatable bonds is 4. The van der Waals surface area contributed by atoms with Gasteiger partial charge in [0.15, 0.2) is 0 Å². The van der Waals surface area contributed by atoms with E-state index in [1.807, 2.05) is 0 Å². The molecule has 0 aliphatic carbocycles. The molecular weight excluding hydrogens is 310 g/mol. The highest BCUT2D eigenvalue weighted by atomic mass is 32.1. The van der Waals surface area contributed by atoms with Crippen molar-refractivity contribution in [3.8, 4) is 0 Å². The minimum Gasteiger partial charge on any atom is -0.450 e. The molecule has 1 saturated heterocycles. The average Bonchev–Trinajstić information content (AvgIpc) is 2.98. The summed E-state index contributed by atoms with van der Waals surface area (Å²) in [7, 11) is 0. The number of carbonyl (C=O) groups excluding carboxylic acids is 2. The van der Waals surface area contributed by atoms with Gasteiger partial charge in [0.05, 0.1) is 16.4 Å². The molecule has 8 nitrogen and oxygen atoms in total. The highest BCUT2D eigenvalue weighted by Gasteiger charge is 2.25. The van der Waals surface area contributed by atoms with Crippen LogP contribution in [0.2, 0.25) is 0 Å². The molecule has 0 bridgehead atoms. The molecule has 0 aromatic carbocycles. The number of piperidine rings is 1. The van der Waals surface area contributed by atoms with Crippen molar-refractivity contribution in [3.05, 3.63) is 27.1 Å². The maximum Gasteiger partial charge on any atom is 0.409 e. The van der Waals surface area contributed by atoms with Crippen LogP contribution in [0.5, 0.6) is 0 Å². The van der Waals surface area contributed by atoms with E-state index in [2.05, 4.69) is 5.32 Å². The minimum absolute atomic E-state index is 0.0423. The van der Waals surface area contributed by atoms with Crippen LogP contribution in [0.1, 0.15) is 29.4 Å². The zero-order valence-electron chi connectivity index (χ0n) is 12.1. The second-order valence-corrected chi connectivity index (χ2v) is 5.89. The fourth-order valence-corrected chi connectivity index (χ4v) is 2.95. The largest absolute Gasteiger partial charge is 0.450 e. The van der Waals surface area contributed by atoms with E-state index in [1.54, 1.807) is 11.8 Å². The second-order valence-electron chi connectivity index (χ2n) is 4.83. The molecule has 0 saturated carbocycles. The Hall–Kier alpha value is -2.16. The number of amides is 2. The Morgan fingerprint density at radius 1 is 1.45 bits per heavy atom. The quantitative estimate of drug-likeness (QED) is 0.673. The third kappa shape index (κ3) is 3.94. The first kappa shape index (κ1) is 16.2. The van der Waals surface area contributed by atoms with Crippen LogP contribution in [0.15, 0.2) is 12.1 Å². The van der Waals surface area contributed by atoms with Crippen LogP contribution in [0.3, 0.4) is 0 Å². The van der Waals surface area contributed by atoms with Crippen LogP contribution in [-0.2, 0) is 4.74 Å². The van der Waals surface area contributed by atoms with Crippen molar-refractivity contribution in [3.63, 3.8) is 0 Å². The number of hydrogen-bond donors (Lipinski definition) is 1. The molecule has 0 radical (unpaired) electrons. The molecule has 2 heterocycles. The highest BCUT2D eigenvalue weighted by molar-refractivity contribution is 7.17. The summed E-state index contributed by atoms with van der Waals surface area (Å²) in [5, 5.41) is 13.4. The standard InChI is InChI=1S/C13H17N3O5S/c1-2-21-13(18)15-7-5-9(6-8-15)14-12(17)10-3-4-11(22-10)16(19)20/h3-4,9H,2,5-8H2,1H3,(H,14,17). The average molecular weight is 327 g/mol. The molecule has 22 heavy (non-hydrogen) atoms. The van der Waals surface area contributed by atoms with Gasteiger partial charge < -0.3 is 15.0 Å². The molecule has 0 spiro atoms. The van der Waals surface area contributed by atoms with Gasteiger partial charge in [0, 0.05) is 25.2 Å². The van der Waals surface area contributed by atoms with Crippen molar-refractivity contribution in [1.82, 2.24) is 10.2 Å². The molecule has 2 amide bonds. The van der Waals surface area contributed by atoms with Crippen molar-refractivity contribution in [2.24, 2.45) is 0 Å². The van der Waals surface area contributed by atoms with Gasteiger partial charge in [-0.25, -0.2) is 4.79 Å². The SMILES string of the molecule is CCOC(=O)N1CCC(NC(=O)c2ccc([N+](=O)[O-])s2)CC1. The van der Waals surface area contributed by atoms with Crippen LogP contribution < -0.4 is 5.32 Å². The molecule has 1 N–H and O–H groups in total. The first-order valence-corrected chi connectivity index (χ1v) is 7.79. The van der Waals surface area contributed by atoms with E-state index in [0.717, 1.165) is 11.3 Å². The second kappa shape index (κ2) is 7.21. The summed E-state index contributed by atoms with van der Waals surface area (Å²) in [6.45, 7) is 3.14. The summed E-state index contributed by atoms with van der Waals surface area (Å²) < 4.78 is 4.93. The van der Waals surface area contributed by atoms with Crippen LogP contribution in [0, 0.1) is 10.1 Å². The summed E-state index contributed by atoms with van der Waals surface area (Å²) >= 11 is 0.854. The van der Waals surface area contributed by atoms with Gasteiger partial charge in [0.2, 0.25) is 0 Å². The lowest BCUT2D eigenvalue weighted by Gasteiger charge is -2.31. The zero-order chi connectivity index (χ0) is 16.1. The number of ether oxygens (including phenoxy) is 1. The van der Waals surface area contributed by atoms with Crippen LogP contribution in [-0.4, -0.2) is 47.6 Å². The number of nitrogens with zero attached hydrogens (tertiary/aromatic N) is 2. The molecule has 0 unspecified atom stereocenters. The zero-order valence-corrected chi connectivity index (χ0v) is 12.9. The molecule has 0 atom stereocenters. The molecule has 9 heteroatoms. The van der Waals surface area contributed by atoms with Gasteiger partial charge in [-0.1, -0.05) is 11.3 Å². The summed E-state index contributed by atoms with van der Waals surface area (Å²) in [5.41, 5.74) is 0. The summed E-state index contributed by atoms with van der Waals surface area (Å²) in [6, 6.07) is 2.73. The normalized spacial score (nSPS) is 15.4. The Morgan fingerprint density at radius 2 is 2.14 bits per heavy atom. The van der Waals surface area contributed by atoms with E-state index < -0.39 is 4.92 Å². The lowest BCUT2D eigenvalue weighted by atomic mass is 10.1. The number of hydrogen-bond acceptors (Lipinski definition) is 6. The number of nitro groups is 1. The van der Waals surface area contributed by atoms with Crippen LogP contribution in [0.4, 0.5) is 9.80 Å². The molecular formula is C13H17N3O5S. The maximum absolute atomic E-state index is 12.0. The van der Waals surface area contributed by atoms with Crippen LogP contribution in [0.25, 0.3) is 0 Å². The van der Waals surface area contributed by atoms with E-state index >= 15 is 0 Å². The van der Waals surface area contributed by atoms with Gasteiger partial charge in [-0.05, 0) is 25.8 Å². The predicted molar refractivity (Wildman–Crippen MR) is 80.1 cm³/mol.